The first-order valence-corrected chi connectivity index (χ1v) is 6.82. The second kappa shape index (κ2) is 6.02. The molecule has 0 aromatic heterocycles. The van der Waals surface area contributed by atoms with Crippen LogP contribution in [0.25, 0.3) is 0 Å². The van der Waals surface area contributed by atoms with Crippen LogP contribution in [-0.4, -0.2) is 12.9 Å². The van der Waals surface area contributed by atoms with Gasteiger partial charge in [0.2, 0.25) is 0 Å². The molecule has 0 aliphatic carbocycles. The average molecular weight is 319 g/mol. The fourth-order valence-corrected chi connectivity index (χ4v) is 2.51. The highest BCUT2D eigenvalue weighted by molar-refractivity contribution is 9.10. The second-order valence-electron chi connectivity index (χ2n) is 4.40. The molecular formula is C16H15BrO2. The van der Waals surface area contributed by atoms with Gasteiger partial charge in [-0.2, -0.15) is 0 Å². The number of carbonyl (C=O) groups excluding carboxylic acids is 1. The first-order chi connectivity index (χ1) is 9.11. The average Bonchev–Trinajstić information content (AvgIpc) is 2.39. The fraction of sp³-hybridized carbons (Fsp3) is 0.188. The van der Waals surface area contributed by atoms with Crippen molar-refractivity contribution < 1.29 is 9.53 Å². The number of benzene rings is 2. The molecule has 98 valence electrons. The van der Waals surface area contributed by atoms with Gasteiger partial charge in [0.1, 0.15) is 5.75 Å². The molecule has 0 fully saturated rings. The maximum absolute atomic E-state index is 12.3. The third-order valence-electron chi connectivity index (χ3n) is 2.96. The van der Waals surface area contributed by atoms with Crippen LogP contribution in [0.5, 0.6) is 5.75 Å². The Morgan fingerprint density at radius 1 is 1.21 bits per heavy atom. The van der Waals surface area contributed by atoms with Crippen LogP contribution in [0.15, 0.2) is 46.9 Å². The van der Waals surface area contributed by atoms with Gasteiger partial charge in [0, 0.05) is 22.0 Å². The summed E-state index contributed by atoms with van der Waals surface area (Å²) < 4.78 is 6.13. The summed E-state index contributed by atoms with van der Waals surface area (Å²) in [5.41, 5.74) is 2.74. The van der Waals surface area contributed by atoms with Gasteiger partial charge in [0.25, 0.3) is 0 Å². The van der Waals surface area contributed by atoms with Crippen LogP contribution >= 0.6 is 15.9 Å². The van der Waals surface area contributed by atoms with Gasteiger partial charge in [-0.1, -0.05) is 51.8 Å². The first kappa shape index (κ1) is 13.8. The predicted octanol–water partition coefficient (Wildman–Crippen LogP) is 4.19. The number of aryl methyl sites for hydroxylation is 1. The van der Waals surface area contributed by atoms with Crippen molar-refractivity contribution in [3.05, 3.63) is 63.6 Å². The lowest BCUT2D eigenvalue weighted by Crippen LogP contribution is -2.06. The zero-order valence-corrected chi connectivity index (χ0v) is 12.5. The summed E-state index contributed by atoms with van der Waals surface area (Å²) in [7, 11) is 1.62. The fourth-order valence-electron chi connectivity index (χ4n) is 2.00. The molecule has 0 atom stereocenters. The van der Waals surface area contributed by atoms with Crippen LogP contribution in [0.2, 0.25) is 0 Å². The van der Waals surface area contributed by atoms with E-state index in [2.05, 4.69) is 15.9 Å². The van der Waals surface area contributed by atoms with Crippen LogP contribution in [-0.2, 0) is 6.42 Å². The molecule has 0 heterocycles. The van der Waals surface area contributed by atoms with Crippen LogP contribution in [0.3, 0.4) is 0 Å². The summed E-state index contributed by atoms with van der Waals surface area (Å²) in [4.78, 5) is 12.3. The van der Waals surface area contributed by atoms with Gasteiger partial charge in [0.05, 0.1) is 7.11 Å². The zero-order valence-electron chi connectivity index (χ0n) is 10.9. The molecule has 0 aliphatic heterocycles. The van der Waals surface area contributed by atoms with Gasteiger partial charge in [-0.15, -0.1) is 0 Å². The molecule has 2 rings (SSSR count). The first-order valence-electron chi connectivity index (χ1n) is 6.03. The molecule has 2 nitrogen and oxygen atoms in total. The highest BCUT2D eigenvalue weighted by atomic mass is 79.9. The SMILES string of the molecule is COc1ccc(C)cc1CC(=O)c1ccccc1Br. The van der Waals surface area contributed by atoms with E-state index in [1.165, 1.54) is 0 Å². The normalized spacial score (nSPS) is 10.3. The van der Waals surface area contributed by atoms with Gasteiger partial charge in [0.15, 0.2) is 5.78 Å². The number of carbonyl (C=O) groups is 1. The third kappa shape index (κ3) is 3.24. The Labute approximate surface area is 121 Å². The molecule has 0 N–H and O–H groups in total. The Kier molecular flexibility index (Phi) is 4.38. The Bertz CT molecular complexity index is 605. The van der Waals surface area contributed by atoms with Crippen molar-refractivity contribution in [3.63, 3.8) is 0 Å². The summed E-state index contributed by atoms with van der Waals surface area (Å²) in [6.07, 6.45) is 0.341. The van der Waals surface area contributed by atoms with Crippen molar-refractivity contribution >= 4 is 21.7 Å². The van der Waals surface area contributed by atoms with Gasteiger partial charge < -0.3 is 4.74 Å². The molecule has 3 heteroatoms. The molecular weight excluding hydrogens is 304 g/mol. The molecule has 0 saturated heterocycles. The summed E-state index contributed by atoms with van der Waals surface area (Å²) >= 11 is 3.41. The van der Waals surface area contributed by atoms with Gasteiger partial charge in [-0.05, 0) is 19.1 Å². The van der Waals surface area contributed by atoms with Crippen molar-refractivity contribution in [1.29, 1.82) is 0 Å². The van der Waals surface area contributed by atoms with Crippen molar-refractivity contribution in [1.82, 2.24) is 0 Å². The lowest BCUT2D eigenvalue weighted by atomic mass is 10.0. The highest BCUT2D eigenvalue weighted by Crippen LogP contribution is 2.23. The van der Waals surface area contributed by atoms with Crippen LogP contribution in [0.1, 0.15) is 21.5 Å². The molecule has 0 bridgehead atoms. The summed E-state index contributed by atoms with van der Waals surface area (Å²) in [6.45, 7) is 2.01. The van der Waals surface area contributed by atoms with Crippen molar-refractivity contribution in [2.45, 2.75) is 13.3 Å². The number of methoxy groups -OCH3 is 1. The van der Waals surface area contributed by atoms with E-state index in [-0.39, 0.29) is 5.78 Å². The summed E-state index contributed by atoms with van der Waals surface area (Å²) in [5, 5.41) is 0. The largest absolute Gasteiger partial charge is 0.496 e. The van der Waals surface area contributed by atoms with E-state index in [0.717, 1.165) is 21.3 Å². The lowest BCUT2D eigenvalue weighted by molar-refractivity contribution is 0.0991. The second-order valence-corrected chi connectivity index (χ2v) is 5.25. The smallest absolute Gasteiger partial charge is 0.168 e. The minimum Gasteiger partial charge on any atom is -0.496 e. The Balaban J connectivity index is 2.29. The molecule has 2 aromatic carbocycles. The van der Waals surface area contributed by atoms with E-state index in [4.69, 9.17) is 4.74 Å². The van der Waals surface area contributed by atoms with E-state index in [1.807, 2.05) is 49.4 Å². The molecule has 19 heavy (non-hydrogen) atoms. The molecule has 0 aliphatic rings. The maximum Gasteiger partial charge on any atom is 0.168 e. The number of hydrogen-bond donors (Lipinski definition) is 0. The Morgan fingerprint density at radius 3 is 2.63 bits per heavy atom. The lowest BCUT2D eigenvalue weighted by Gasteiger charge is -2.09. The van der Waals surface area contributed by atoms with Gasteiger partial charge >= 0.3 is 0 Å². The van der Waals surface area contributed by atoms with E-state index in [1.54, 1.807) is 7.11 Å². The van der Waals surface area contributed by atoms with Crippen molar-refractivity contribution in [2.75, 3.05) is 7.11 Å². The number of rotatable bonds is 4. The number of hydrogen-bond acceptors (Lipinski definition) is 2. The van der Waals surface area contributed by atoms with E-state index >= 15 is 0 Å². The summed E-state index contributed by atoms with van der Waals surface area (Å²) in [6, 6.07) is 13.3. The van der Waals surface area contributed by atoms with Crippen molar-refractivity contribution in [2.24, 2.45) is 0 Å². The standard InChI is InChI=1S/C16H15BrO2/c1-11-7-8-16(19-2)12(9-11)10-15(18)13-5-3-4-6-14(13)17/h3-9H,10H2,1-2H3. The van der Waals surface area contributed by atoms with Crippen LogP contribution in [0, 0.1) is 6.92 Å². The molecule has 2 aromatic rings. The van der Waals surface area contributed by atoms with Crippen LogP contribution < -0.4 is 4.74 Å². The zero-order chi connectivity index (χ0) is 13.8. The quantitative estimate of drug-likeness (QED) is 0.790. The van der Waals surface area contributed by atoms with E-state index in [0.29, 0.717) is 12.0 Å². The van der Waals surface area contributed by atoms with Gasteiger partial charge in [-0.3, -0.25) is 4.79 Å². The molecule has 0 amide bonds. The topological polar surface area (TPSA) is 26.3 Å². The minimum atomic E-state index is 0.0800. The highest BCUT2D eigenvalue weighted by Gasteiger charge is 2.13. The molecule has 0 radical (unpaired) electrons. The molecule has 0 saturated carbocycles. The van der Waals surface area contributed by atoms with Crippen molar-refractivity contribution in [3.8, 4) is 5.75 Å². The number of Topliss-reactive ketones (excluding diaryl/α,β-unsaturated/α-hetero) is 1. The summed E-state index contributed by atoms with van der Waals surface area (Å²) in [5.74, 6) is 0.836. The monoisotopic (exact) mass is 318 g/mol. The molecule has 0 spiro atoms. The van der Waals surface area contributed by atoms with Crippen LogP contribution in [0.4, 0.5) is 0 Å². The maximum atomic E-state index is 12.3. The number of halogens is 1. The minimum absolute atomic E-state index is 0.0800. The Hall–Kier alpha value is -1.61. The van der Waals surface area contributed by atoms with E-state index in [9.17, 15) is 4.79 Å². The predicted molar refractivity (Wildman–Crippen MR) is 79.9 cm³/mol. The third-order valence-corrected chi connectivity index (χ3v) is 3.65. The molecule has 0 unspecified atom stereocenters. The van der Waals surface area contributed by atoms with Gasteiger partial charge in [-0.25, -0.2) is 0 Å². The van der Waals surface area contributed by atoms with E-state index < -0.39 is 0 Å². The Morgan fingerprint density at radius 2 is 1.95 bits per heavy atom. The number of ketones is 1. The number of ether oxygens (including phenoxy) is 1.